The molecular weight excluding hydrogens is 252 g/mol. The predicted molar refractivity (Wildman–Crippen MR) is 70.0 cm³/mol. The summed E-state index contributed by atoms with van der Waals surface area (Å²) in [5.41, 5.74) is -0.162. The molecule has 0 aliphatic heterocycles. The average Bonchev–Trinajstić information content (AvgIpc) is 2.77. The van der Waals surface area contributed by atoms with Crippen molar-refractivity contribution in [2.24, 2.45) is 0 Å². The summed E-state index contributed by atoms with van der Waals surface area (Å²) in [6.07, 6.45) is 3.16. The van der Waals surface area contributed by atoms with Crippen molar-refractivity contribution in [1.82, 2.24) is 15.5 Å². The normalized spacial score (nSPS) is 17.0. The van der Waals surface area contributed by atoms with Crippen LogP contribution in [0.5, 0.6) is 0 Å². The highest BCUT2D eigenvalue weighted by Gasteiger charge is 2.37. The zero-order valence-corrected chi connectivity index (χ0v) is 11.5. The summed E-state index contributed by atoms with van der Waals surface area (Å²) in [5, 5.41) is 14.7. The van der Waals surface area contributed by atoms with Crippen molar-refractivity contribution in [2.45, 2.75) is 31.8 Å². The number of hydrogen-bond donors (Lipinski definition) is 2. The van der Waals surface area contributed by atoms with E-state index in [1.165, 1.54) is 11.3 Å². The van der Waals surface area contributed by atoms with Gasteiger partial charge in [-0.3, -0.25) is 4.79 Å². The summed E-state index contributed by atoms with van der Waals surface area (Å²) in [6, 6.07) is 0. The minimum absolute atomic E-state index is 0.162. The second-order valence-corrected chi connectivity index (χ2v) is 5.34. The van der Waals surface area contributed by atoms with E-state index >= 15 is 0 Å². The average molecular weight is 270 g/mol. The molecule has 100 valence electrons. The fourth-order valence-electron chi connectivity index (χ4n) is 1.88. The Balaban J connectivity index is 1.87. The molecule has 0 saturated heterocycles. The summed E-state index contributed by atoms with van der Waals surface area (Å²) >= 11 is 1.26. The number of nitrogens with zero attached hydrogens (tertiary/aromatic N) is 2. The highest BCUT2D eigenvalue weighted by Crippen LogP contribution is 2.34. The molecule has 0 radical (unpaired) electrons. The van der Waals surface area contributed by atoms with E-state index in [2.05, 4.69) is 20.8 Å². The Hall–Kier alpha value is -1.21. The molecule has 0 spiro atoms. The molecule has 1 aliphatic carbocycles. The summed E-state index contributed by atoms with van der Waals surface area (Å²) < 4.78 is 5.44. The van der Waals surface area contributed by atoms with Crippen molar-refractivity contribution in [3.8, 4) is 0 Å². The van der Waals surface area contributed by atoms with Gasteiger partial charge in [-0.1, -0.05) is 11.3 Å². The van der Waals surface area contributed by atoms with Crippen molar-refractivity contribution in [1.29, 1.82) is 0 Å². The number of rotatable bonds is 6. The number of ether oxygens (including phenoxy) is 1. The van der Waals surface area contributed by atoms with Crippen molar-refractivity contribution in [2.75, 3.05) is 25.5 Å². The Morgan fingerprint density at radius 2 is 2.28 bits per heavy atom. The second-order valence-electron chi connectivity index (χ2n) is 4.37. The van der Waals surface area contributed by atoms with Gasteiger partial charge >= 0.3 is 0 Å². The number of carbonyl (C=O) groups is 1. The Kier molecular flexibility index (Phi) is 4.13. The van der Waals surface area contributed by atoms with Crippen molar-refractivity contribution in [3.63, 3.8) is 0 Å². The number of anilines is 1. The quantitative estimate of drug-likeness (QED) is 0.814. The molecule has 0 unspecified atom stereocenters. The molecule has 18 heavy (non-hydrogen) atoms. The lowest BCUT2D eigenvalue weighted by atomic mass is 9.80. The lowest BCUT2D eigenvalue weighted by molar-refractivity contribution is -0.0679. The van der Waals surface area contributed by atoms with Gasteiger partial charge in [0.05, 0.1) is 5.60 Å². The monoisotopic (exact) mass is 270 g/mol. The van der Waals surface area contributed by atoms with Crippen LogP contribution in [-0.2, 0) is 4.74 Å². The van der Waals surface area contributed by atoms with Crippen LogP contribution < -0.4 is 10.6 Å². The molecule has 1 saturated carbocycles. The van der Waals surface area contributed by atoms with Crippen LogP contribution in [0, 0.1) is 0 Å². The van der Waals surface area contributed by atoms with Gasteiger partial charge in [-0.15, -0.1) is 10.2 Å². The minimum Gasteiger partial charge on any atom is -0.376 e. The fourth-order valence-corrected chi connectivity index (χ4v) is 2.61. The number of aromatic nitrogens is 2. The standard InChI is InChI=1S/C11H18N4O2S/c1-3-12-10-15-14-9(18-10)8(16)13-7-11(17-2)5-4-6-11/h3-7H2,1-2H3,(H,12,15)(H,13,16). The van der Waals surface area contributed by atoms with Crippen LogP contribution >= 0.6 is 11.3 Å². The molecule has 1 heterocycles. The van der Waals surface area contributed by atoms with Crippen LogP contribution in [0.25, 0.3) is 0 Å². The summed E-state index contributed by atoms with van der Waals surface area (Å²) in [4.78, 5) is 11.9. The van der Waals surface area contributed by atoms with Crippen molar-refractivity contribution < 1.29 is 9.53 Å². The van der Waals surface area contributed by atoms with Crippen LogP contribution in [-0.4, -0.2) is 41.9 Å². The molecule has 6 nitrogen and oxygen atoms in total. The number of amides is 1. The number of nitrogens with one attached hydrogen (secondary N) is 2. The van der Waals surface area contributed by atoms with Crippen LogP contribution in [0.1, 0.15) is 36.0 Å². The van der Waals surface area contributed by atoms with Gasteiger partial charge in [0.25, 0.3) is 5.91 Å². The molecule has 7 heteroatoms. The van der Waals surface area contributed by atoms with Gasteiger partial charge in [-0.25, -0.2) is 0 Å². The van der Waals surface area contributed by atoms with Crippen LogP contribution in [0.3, 0.4) is 0 Å². The van der Waals surface area contributed by atoms with E-state index in [1.54, 1.807) is 7.11 Å². The summed E-state index contributed by atoms with van der Waals surface area (Å²) in [5.74, 6) is -0.181. The maximum atomic E-state index is 11.9. The van der Waals surface area contributed by atoms with Crippen LogP contribution in [0.15, 0.2) is 0 Å². The molecule has 0 atom stereocenters. The van der Waals surface area contributed by atoms with Gasteiger partial charge in [0.15, 0.2) is 0 Å². The number of carbonyl (C=O) groups excluding carboxylic acids is 1. The Morgan fingerprint density at radius 3 is 2.83 bits per heavy atom. The lowest BCUT2D eigenvalue weighted by Crippen LogP contribution is -2.49. The summed E-state index contributed by atoms with van der Waals surface area (Å²) in [7, 11) is 1.69. The van der Waals surface area contributed by atoms with E-state index < -0.39 is 0 Å². The van der Waals surface area contributed by atoms with E-state index in [-0.39, 0.29) is 11.5 Å². The zero-order valence-electron chi connectivity index (χ0n) is 10.7. The first-order valence-electron chi connectivity index (χ1n) is 6.10. The van der Waals surface area contributed by atoms with Gasteiger partial charge < -0.3 is 15.4 Å². The van der Waals surface area contributed by atoms with Gasteiger partial charge in [-0.05, 0) is 26.2 Å². The predicted octanol–water partition coefficient (Wildman–Crippen LogP) is 1.27. The Morgan fingerprint density at radius 1 is 1.50 bits per heavy atom. The third-order valence-corrected chi connectivity index (χ3v) is 4.10. The molecule has 0 aromatic carbocycles. The molecule has 1 aromatic heterocycles. The first-order valence-corrected chi connectivity index (χ1v) is 6.91. The topological polar surface area (TPSA) is 76.1 Å². The Bertz CT molecular complexity index is 411. The number of hydrogen-bond acceptors (Lipinski definition) is 6. The third kappa shape index (κ3) is 2.78. The smallest absolute Gasteiger partial charge is 0.282 e. The van der Waals surface area contributed by atoms with Crippen LogP contribution in [0.2, 0.25) is 0 Å². The molecule has 1 amide bonds. The largest absolute Gasteiger partial charge is 0.376 e. The Labute approximate surface area is 110 Å². The summed E-state index contributed by atoms with van der Waals surface area (Å²) in [6.45, 7) is 3.28. The molecule has 1 aromatic rings. The number of methoxy groups -OCH3 is 1. The van der Waals surface area contributed by atoms with E-state index in [9.17, 15) is 4.79 Å². The van der Waals surface area contributed by atoms with Crippen molar-refractivity contribution in [3.05, 3.63) is 5.01 Å². The highest BCUT2D eigenvalue weighted by molar-refractivity contribution is 7.17. The van der Waals surface area contributed by atoms with Crippen molar-refractivity contribution >= 4 is 22.4 Å². The van der Waals surface area contributed by atoms with Gasteiger partial charge in [0, 0.05) is 20.2 Å². The minimum atomic E-state index is -0.181. The molecular formula is C11H18N4O2S. The SMILES string of the molecule is CCNc1nnc(C(=O)NCC2(OC)CCC2)s1. The molecule has 2 rings (SSSR count). The molecule has 1 fully saturated rings. The first kappa shape index (κ1) is 13.2. The van der Waals surface area contributed by atoms with E-state index in [1.807, 2.05) is 6.92 Å². The molecule has 2 N–H and O–H groups in total. The van der Waals surface area contributed by atoms with Gasteiger partial charge in [-0.2, -0.15) is 0 Å². The fraction of sp³-hybridized carbons (Fsp3) is 0.727. The zero-order chi connectivity index (χ0) is 13.0. The lowest BCUT2D eigenvalue weighted by Gasteiger charge is -2.40. The van der Waals surface area contributed by atoms with Gasteiger partial charge in [0.1, 0.15) is 0 Å². The molecule has 0 bridgehead atoms. The van der Waals surface area contributed by atoms with E-state index in [0.29, 0.717) is 16.7 Å². The maximum absolute atomic E-state index is 11.9. The second kappa shape index (κ2) is 5.62. The van der Waals surface area contributed by atoms with E-state index in [4.69, 9.17) is 4.74 Å². The van der Waals surface area contributed by atoms with E-state index in [0.717, 1.165) is 25.8 Å². The van der Waals surface area contributed by atoms with Crippen LogP contribution in [0.4, 0.5) is 5.13 Å². The highest BCUT2D eigenvalue weighted by atomic mass is 32.1. The third-order valence-electron chi connectivity index (χ3n) is 3.22. The maximum Gasteiger partial charge on any atom is 0.282 e. The molecule has 1 aliphatic rings. The first-order chi connectivity index (χ1) is 8.69. The van der Waals surface area contributed by atoms with Gasteiger partial charge in [0.2, 0.25) is 10.1 Å².